The lowest BCUT2D eigenvalue weighted by atomic mass is 10.2. The van der Waals surface area contributed by atoms with Gasteiger partial charge in [-0.3, -0.25) is 0 Å². The van der Waals surface area contributed by atoms with Gasteiger partial charge in [0.1, 0.15) is 12.4 Å². The molecule has 4 nitrogen and oxygen atoms in total. The van der Waals surface area contributed by atoms with Crippen LogP contribution in [-0.2, 0) is 15.8 Å². The second-order valence-electron chi connectivity index (χ2n) is 4.87. The van der Waals surface area contributed by atoms with Crippen LogP contribution < -0.4 is 4.74 Å². The van der Waals surface area contributed by atoms with Crippen LogP contribution in [0.4, 0.5) is 0 Å². The molecular formula is C16H18ClNO3S. The summed E-state index contributed by atoms with van der Waals surface area (Å²) in [5.41, 5.74) is 0.769. The molecule has 2 rings (SSSR count). The monoisotopic (exact) mass is 339 g/mol. The Labute approximate surface area is 136 Å². The molecule has 0 saturated heterocycles. The van der Waals surface area contributed by atoms with Gasteiger partial charge in [0.05, 0.1) is 5.75 Å². The van der Waals surface area contributed by atoms with E-state index >= 15 is 0 Å². The first-order valence-corrected chi connectivity index (χ1v) is 8.82. The van der Waals surface area contributed by atoms with Crippen LogP contribution >= 0.6 is 11.6 Å². The predicted octanol–water partition coefficient (Wildman–Crippen LogP) is 3.18. The Morgan fingerprint density at radius 1 is 1.09 bits per heavy atom. The van der Waals surface area contributed by atoms with Crippen molar-refractivity contribution in [2.24, 2.45) is 0 Å². The molecule has 0 radical (unpaired) electrons. The zero-order valence-electron chi connectivity index (χ0n) is 12.3. The summed E-state index contributed by atoms with van der Waals surface area (Å²) in [5, 5.41) is 0.586. The van der Waals surface area contributed by atoms with Gasteiger partial charge in [0.25, 0.3) is 0 Å². The number of hydrogen-bond acceptors (Lipinski definition) is 3. The number of likely N-dealkylation sites (N-methyl/N-ethyl adjacent to an activating group) is 1. The molecule has 2 aromatic rings. The molecule has 22 heavy (non-hydrogen) atoms. The number of halogens is 1. The molecule has 0 unspecified atom stereocenters. The maximum absolute atomic E-state index is 12.2. The summed E-state index contributed by atoms with van der Waals surface area (Å²) in [5.74, 6) is 0.614. The van der Waals surface area contributed by atoms with Crippen molar-refractivity contribution in [2.45, 2.75) is 5.75 Å². The highest BCUT2D eigenvalue weighted by Crippen LogP contribution is 2.17. The van der Waals surface area contributed by atoms with Crippen LogP contribution in [0.5, 0.6) is 5.75 Å². The Kier molecular flexibility index (Phi) is 5.83. The van der Waals surface area contributed by atoms with Crippen molar-refractivity contribution in [3.8, 4) is 5.75 Å². The zero-order valence-corrected chi connectivity index (χ0v) is 13.8. The molecule has 0 atom stereocenters. The molecule has 0 aliphatic carbocycles. The average Bonchev–Trinajstić information content (AvgIpc) is 2.48. The fraction of sp³-hybridized carbons (Fsp3) is 0.250. The third-order valence-corrected chi connectivity index (χ3v) is 5.20. The first-order valence-electron chi connectivity index (χ1n) is 6.84. The van der Waals surface area contributed by atoms with Gasteiger partial charge >= 0.3 is 0 Å². The second kappa shape index (κ2) is 7.63. The standard InChI is InChI=1S/C16H18ClNO3S/c1-18(10-11-21-16-9-5-8-15(17)12-16)22(19,20)13-14-6-3-2-4-7-14/h2-9,12H,10-11,13H2,1H3. The fourth-order valence-electron chi connectivity index (χ4n) is 1.88. The molecule has 0 amide bonds. The minimum absolute atomic E-state index is 0.0124. The van der Waals surface area contributed by atoms with E-state index in [2.05, 4.69) is 0 Å². The third kappa shape index (κ3) is 5.02. The van der Waals surface area contributed by atoms with Crippen molar-refractivity contribution < 1.29 is 13.2 Å². The molecular weight excluding hydrogens is 322 g/mol. The van der Waals surface area contributed by atoms with E-state index < -0.39 is 10.0 Å². The maximum Gasteiger partial charge on any atom is 0.218 e. The van der Waals surface area contributed by atoms with Crippen molar-refractivity contribution in [1.82, 2.24) is 4.31 Å². The molecule has 0 aliphatic heterocycles. The van der Waals surface area contributed by atoms with E-state index in [0.717, 1.165) is 5.56 Å². The van der Waals surface area contributed by atoms with Crippen LogP contribution in [0.15, 0.2) is 54.6 Å². The minimum atomic E-state index is -3.35. The molecule has 6 heteroatoms. The highest BCUT2D eigenvalue weighted by molar-refractivity contribution is 7.88. The van der Waals surface area contributed by atoms with Crippen molar-refractivity contribution in [2.75, 3.05) is 20.2 Å². The molecule has 2 aromatic carbocycles. The van der Waals surface area contributed by atoms with E-state index in [9.17, 15) is 8.42 Å². The number of nitrogens with zero attached hydrogens (tertiary/aromatic N) is 1. The van der Waals surface area contributed by atoms with Crippen LogP contribution in [0.1, 0.15) is 5.56 Å². The van der Waals surface area contributed by atoms with Gasteiger partial charge in [0, 0.05) is 18.6 Å². The smallest absolute Gasteiger partial charge is 0.218 e. The quantitative estimate of drug-likeness (QED) is 0.778. The molecule has 0 N–H and O–H groups in total. The van der Waals surface area contributed by atoms with Gasteiger partial charge in [-0.1, -0.05) is 48.0 Å². The van der Waals surface area contributed by atoms with Crippen LogP contribution in [0, 0.1) is 0 Å². The predicted molar refractivity (Wildman–Crippen MR) is 88.6 cm³/mol. The van der Waals surface area contributed by atoms with E-state index in [4.69, 9.17) is 16.3 Å². The molecule has 0 bridgehead atoms. The Balaban J connectivity index is 1.87. The van der Waals surface area contributed by atoms with Gasteiger partial charge in [-0.25, -0.2) is 12.7 Å². The van der Waals surface area contributed by atoms with E-state index in [1.165, 1.54) is 4.31 Å². The van der Waals surface area contributed by atoms with Gasteiger partial charge in [-0.15, -0.1) is 0 Å². The van der Waals surface area contributed by atoms with Crippen molar-refractivity contribution in [1.29, 1.82) is 0 Å². The normalized spacial score (nSPS) is 11.6. The summed E-state index contributed by atoms with van der Waals surface area (Å²) in [6.07, 6.45) is 0. The average molecular weight is 340 g/mol. The van der Waals surface area contributed by atoms with Crippen molar-refractivity contribution in [3.63, 3.8) is 0 Å². The molecule has 0 saturated carbocycles. The highest BCUT2D eigenvalue weighted by Gasteiger charge is 2.18. The van der Waals surface area contributed by atoms with Gasteiger partial charge in [-0.2, -0.15) is 0 Å². The number of ether oxygens (including phenoxy) is 1. The van der Waals surface area contributed by atoms with Crippen molar-refractivity contribution in [3.05, 3.63) is 65.2 Å². The van der Waals surface area contributed by atoms with Crippen LogP contribution in [-0.4, -0.2) is 32.9 Å². The fourth-order valence-corrected chi connectivity index (χ4v) is 3.25. The Bertz CT molecular complexity index is 704. The first kappa shape index (κ1) is 16.8. The molecule has 0 fully saturated rings. The van der Waals surface area contributed by atoms with Crippen LogP contribution in [0.2, 0.25) is 5.02 Å². The van der Waals surface area contributed by atoms with Crippen molar-refractivity contribution >= 4 is 21.6 Å². The van der Waals surface area contributed by atoms with Gasteiger partial charge in [0.15, 0.2) is 0 Å². The van der Waals surface area contributed by atoms with Crippen LogP contribution in [0.25, 0.3) is 0 Å². The van der Waals surface area contributed by atoms with Gasteiger partial charge < -0.3 is 4.74 Å². The number of rotatable bonds is 7. The molecule has 118 valence electrons. The Morgan fingerprint density at radius 3 is 2.50 bits per heavy atom. The van der Waals surface area contributed by atoms with Gasteiger partial charge in [0.2, 0.25) is 10.0 Å². The topological polar surface area (TPSA) is 46.6 Å². The number of benzene rings is 2. The maximum atomic E-state index is 12.2. The summed E-state index contributed by atoms with van der Waals surface area (Å²) in [6.45, 7) is 0.548. The number of sulfonamides is 1. The Hall–Kier alpha value is -1.56. The number of hydrogen-bond donors (Lipinski definition) is 0. The lowest BCUT2D eigenvalue weighted by molar-refractivity contribution is 0.287. The molecule has 0 aromatic heterocycles. The van der Waals surface area contributed by atoms with Crippen LogP contribution in [0.3, 0.4) is 0 Å². The lowest BCUT2D eigenvalue weighted by Crippen LogP contribution is -2.32. The van der Waals surface area contributed by atoms with E-state index in [1.807, 2.05) is 18.2 Å². The van der Waals surface area contributed by atoms with E-state index in [1.54, 1.807) is 43.4 Å². The van der Waals surface area contributed by atoms with E-state index in [-0.39, 0.29) is 18.9 Å². The molecule has 0 aliphatic rings. The summed E-state index contributed by atoms with van der Waals surface area (Å²) in [7, 11) is -1.79. The Morgan fingerprint density at radius 2 is 1.82 bits per heavy atom. The lowest BCUT2D eigenvalue weighted by Gasteiger charge is -2.17. The second-order valence-corrected chi connectivity index (χ2v) is 7.38. The summed E-state index contributed by atoms with van der Waals surface area (Å²) in [6, 6.07) is 16.1. The van der Waals surface area contributed by atoms with Gasteiger partial charge in [-0.05, 0) is 23.8 Å². The first-order chi connectivity index (χ1) is 10.5. The summed E-state index contributed by atoms with van der Waals surface area (Å²) >= 11 is 5.86. The summed E-state index contributed by atoms with van der Waals surface area (Å²) in [4.78, 5) is 0. The molecule has 0 spiro atoms. The minimum Gasteiger partial charge on any atom is -0.492 e. The highest BCUT2D eigenvalue weighted by atomic mass is 35.5. The third-order valence-electron chi connectivity index (χ3n) is 3.14. The SMILES string of the molecule is CN(CCOc1cccc(Cl)c1)S(=O)(=O)Cc1ccccc1. The largest absolute Gasteiger partial charge is 0.492 e. The zero-order chi connectivity index (χ0) is 16.0. The summed E-state index contributed by atoms with van der Waals surface area (Å²) < 4.78 is 31.3. The molecule has 0 heterocycles. The van der Waals surface area contributed by atoms with E-state index in [0.29, 0.717) is 10.8 Å².